The molecule has 3 rings (SSSR count). The van der Waals surface area contributed by atoms with Crippen LogP contribution in [0.3, 0.4) is 0 Å². The Morgan fingerprint density at radius 1 is 1.14 bits per heavy atom. The molecule has 2 aromatic heterocycles. The summed E-state index contributed by atoms with van der Waals surface area (Å²) in [6, 6.07) is 7.52. The molecule has 0 saturated heterocycles. The zero-order chi connectivity index (χ0) is 15.9. The molecule has 1 aromatic carbocycles. The molecule has 3 aromatic rings. The number of nitrogens with two attached hydrogens (primary N) is 1. The first-order valence-corrected chi connectivity index (χ1v) is 7.56. The molecule has 0 unspecified atom stereocenters. The number of nitrogens with zero attached hydrogens (tertiary/aromatic N) is 1. The molecule has 2 heterocycles. The van der Waals surface area contributed by atoms with Gasteiger partial charge in [0, 0.05) is 21.3 Å². The largest absolute Gasteiger partial charge is 0.493 e. The van der Waals surface area contributed by atoms with Gasteiger partial charge in [-0.1, -0.05) is 6.07 Å². The Bertz CT molecular complexity index is 912. The van der Waals surface area contributed by atoms with Crippen LogP contribution in [0.25, 0.3) is 21.2 Å². The first-order chi connectivity index (χ1) is 10.6. The summed E-state index contributed by atoms with van der Waals surface area (Å²) in [4.78, 5) is 12.5. The van der Waals surface area contributed by atoms with Crippen molar-refractivity contribution in [2.45, 2.75) is 6.92 Å². The van der Waals surface area contributed by atoms with Gasteiger partial charge in [0.15, 0.2) is 11.5 Å². The van der Waals surface area contributed by atoms with E-state index in [1.54, 1.807) is 14.2 Å². The number of ether oxygens (including phenoxy) is 2. The molecule has 0 bridgehead atoms. The molecule has 0 fully saturated rings. The van der Waals surface area contributed by atoms with Gasteiger partial charge in [0.05, 0.1) is 19.6 Å². The minimum absolute atomic E-state index is 0.193. The number of aromatic nitrogens is 1. The number of fused-ring (bicyclic) bond motifs is 1. The number of hydrogen-bond donors (Lipinski definition) is 1. The van der Waals surface area contributed by atoms with Gasteiger partial charge in [-0.05, 0) is 30.7 Å². The maximum Gasteiger partial charge on any atom is 0.278 e. The highest BCUT2D eigenvalue weighted by Crippen LogP contribution is 2.37. The highest BCUT2D eigenvalue weighted by atomic mass is 32.1. The molecule has 5 nitrogen and oxygen atoms in total. The van der Waals surface area contributed by atoms with Crippen molar-refractivity contribution < 1.29 is 9.47 Å². The highest BCUT2D eigenvalue weighted by Gasteiger charge is 2.14. The van der Waals surface area contributed by atoms with Crippen LogP contribution < -0.4 is 20.9 Å². The predicted octanol–water partition coefficient (Wildman–Crippen LogP) is 2.77. The van der Waals surface area contributed by atoms with Crippen LogP contribution in [0.15, 0.2) is 34.4 Å². The number of pyridine rings is 1. The third kappa shape index (κ3) is 2.12. The lowest BCUT2D eigenvalue weighted by molar-refractivity contribution is 0.355. The summed E-state index contributed by atoms with van der Waals surface area (Å²) in [6.45, 7) is 1.82. The monoisotopic (exact) mass is 316 g/mol. The van der Waals surface area contributed by atoms with Crippen LogP contribution >= 0.6 is 11.3 Å². The lowest BCUT2D eigenvalue weighted by Gasteiger charge is -2.09. The lowest BCUT2D eigenvalue weighted by Crippen LogP contribution is -2.28. The van der Waals surface area contributed by atoms with E-state index in [0.29, 0.717) is 16.9 Å². The van der Waals surface area contributed by atoms with Gasteiger partial charge in [0.25, 0.3) is 5.56 Å². The normalized spacial score (nSPS) is 10.9. The molecule has 0 atom stereocenters. The minimum atomic E-state index is -0.193. The average Bonchev–Trinajstić information content (AvgIpc) is 2.95. The molecular formula is C16H16N2O3S. The summed E-state index contributed by atoms with van der Waals surface area (Å²) in [5.74, 6) is 7.10. The van der Waals surface area contributed by atoms with E-state index >= 15 is 0 Å². The molecule has 114 valence electrons. The summed E-state index contributed by atoms with van der Waals surface area (Å²) in [7, 11) is 3.18. The van der Waals surface area contributed by atoms with E-state index in [9.17, 15) is 4.79 Å². The maximum atomic E-state index is 12.5. The van der Waals surface area contributed by atoms with Gasteiger partial charge >= 0.3 is 0 Å². The van der Waals surface area contributed by atoms with Gasteiger partial charge in [0.2, 0.25) is 0 Å². The van der Waals surface area contributed by atoms with Crippen LogP contribution in [-0.2, 0) is 0 Å². The number of aryl methyl sites for hydroxylation is 1. The van der Waals surface area contributed by atoms with Crippen LogP contribution in [0.2, 0.25) is 0 Å². The average molecular weight is 316 g/mol. The molecule has 22 heavy (non-hydrogen) atoms. The fourth-order valence-electron chi connectivity index (χ4n) is 2.46. The van der Waals surface area contributed by atoms with Gasteiger partial charge in [-0.25, -0.2) is 4.68 Å². The van der Waals surface area contributed by atoms with E-state index in [-0.39, 0.29) is 5.56 Å². The third-order valence-corrected chi connectivity index (χ3v) is 4.60. The van der Waals surface area contributed by atoms with Crippen molar-refractivity contribution in [2.24, 2.45) is 0 Å². The predicted molar refractivity (Wildman–Crippen MR) is 89.5 cm³/mol. The molecule has 2 N–H and O–H groups in total. The van der Waals surface area contributed by atoms with Gasteiger partial charge in [-0.3, -0.25) is 4.79 Å². The first kappa shape index (κ1) is 14.5. The molecule has 0 amide bonds. The van der Waals surface area contributed by atoms with Crippen molar-refractivity contribution in [3.63, 3.8) is 0 Å². The van der Waals surface area contributed by atoms with Crippen molar-refractivity contribution in [1.82, 2.24) is 4.68 Å². The number of hydrogen-bond acceptors (Lipinski definition) is 5. The van der Waals surface area contributed by atoms with E-state index in [4.69, 9.17) is 15.3 Å². The summed E-state index contributed by atoms with van der Waals surface area (Å²) in [5.41, 5.74) is 2.29. The Labute approximate surface area is 131 Å². The SMILES string of the molecule is COc1ccc(-c2csc3cc(C)n(N)c(=O)c23)cc1OC. The van der Waals surface area contributed by atoms with E-state index in [2.05, 4.69) is 0 Å². The topological polar surface area (TPSA) is 66.5 Å². The van der Waals surface area contributed by atoms with Gasteiger partial charge in [0.1, 0.15) is 0 Å². The summed E-state index contributed by atoms with van der Waals surface area (Å²) >= 11 is 1.53. The van der Waals surface area contributed by atoms with Crippen LogP contribution in [0.1, 0.15) is 5.69 Å². The van der Waals surface area contributed by atoms with Crippen LogP contribution in [0.4, 0.5) is 0 Å². The standard InChI is InChI=1S/C16H16N2O3S/c1-9-6-14-15(16(19)18(9)17)11(8-22-14)10-4-5-12(20-2)13(7-10)21-3/h4-8H,17H2,1-3H3. The van der Waals surface area contributed by atoms with Gasteiger partial charge in [-0.15, -0.1) is 11.3 Å². The number of thiophene rings is 1. The Kier molecular flexibility index (Phi) is 3.54. The summed E-state index contributed by atoms with van der Waals surface area (Å²) in [6.07, 6.45) is 0. The molecule has 0 aliphatic rings. The zero-order valence-corrected chi connectivity index (χ0v) is 13.4. The Balaban J connectivity index is 2.27. The number of nitrogen functional groups attached to an aromatic ring is 1. The van der Waals surface area contributed by atoms with Crippen molar-refractivity contribution in [3.05, 3.63) is 45.7 Å². The number of benzene rings is 1. The second-order valence-electron chi connectivity index (χ2n) is 4.92. The molecule has 0 saturated carbocycles. The molecule has 0 radical (unpaired) electrons. The molecule has 0 aliphatic heterocycles. The second-order valence-corrected chi connectivity index (χ2v) is 5.83. The fraction of sp³-hybridized carbons (Fsp3) is 0.188. The molecule has 0 spiro atoms. The fourth-order valence-corrected chi connectivity index (χ4v) is 3.51. The molecule has 0 aliphatic carbocycles. The van der Waals surface area contributed by atoms with Gasteiger partial charge in [-0.2, -0.15) is 0 Å². The third-order valence-electron chi connectivity index (χ3n) is 3.67. The lowest BCUT2D eigenvalue weighted by atomic mass is 10.0. The highest BCUT2D eigenvalue weighted by molar-refractivity contribution is 7.17. The molecular weight excluding hydrogens is 300 g/mol. The quantitative estimate of drug-likeness (QED) is 0.755. The Hall–Kier alpha value is -2.47. The minimum Gasteiger partial charge on any atom is -0.493 e. The smallest absolute Gasteiger partial charge is 0.278 e. The van der Waals surface area contributed by atoms with E-state index < -0.39 is 0 Å². The van der Waals surface area contributed by atoms with E-state index in [1.807, 2.05) is 36.6 Å². The molecule has 6 heteroatoms. The van der Waals surface area contributed by atoms with E-state index in [0.717, 1.165) is 21.5 Å². The Morgan fingerprint density at radius 3 is 2.55 bits per heavy atom. The maximum absolute atomic E-state index is 12.5. The van der Waals surface area contributed by atoms with Crippen LogP contribution in [0, 0.1) is 6.92 Å². The van der Waals surface area contributed by atoms with Crippen molar-refractivity contribution in [3.8, 4) is 22.6 Å². The van der Waals surface area contributed by atoms with Crippen LogP contribution in [0.5, 0.6) is 11.5 Å². The van der Waals surface area contributed by atoms with Gasteiger partial charge < -0.3 is 15.3 Å². The van der Waals surface area contributed by atoms with E-state index in [1.165, 1.54) is 16.0 Å². The summed E-state index contributed by atoms with van der Waals surface area (Å²) < 4.78 is 12.7. The van der Waals surface area contributed by atoms with Crippen molar-refractivity contribution >= 4 is 21.4 Å². The van der Waals surface area contributed by atoms with Crippen molar-refractivity contribution in [2.75, 3.05) is 20.1 Å². The Morgan fingerprint density at radius 2 is 1.86 bits per heavy atom. The second kappa shape index (κ2) is 5.38. The first-order valence-electron chi connectivity index (χ1n) is 6.68. The number of methoxy groups -OCH3 is 2. The van der Waals surface area contributed by atoms with Crippen LogP contribution in [-0.4, -0.2) is 18.9 Å². The zero-order valence-electron chi connectivity index (χ0n) is 12.5. The summed E-state index contributed by atoms with van der Waals surface area (Å²) in [5, 5.41) is 2.59. The van der Waals surface area contributed by atoms with Crippen molar-refractivity contribution in [1.29, 1.82) is 0 Å². The number of rotatable bonds is 3.